The molecule has 2 aromatic rings. The molecule has 2 aliphatic heterocycles. The maximum absolute atomic E-state index is 12.3. The monoisotopic (exact) mass is 368 g/mol. The maximum Gasteiger partial charge on any atom is 0.254 e. The zero-order valence-corrected chi connectivity index (χ0v) is 15.9. The zero-order chi connectivity index (χ0) is 18.6. The van der Waals surface area contributed by atoms with Gasteiger partial charge in [0.1, 0.15) is 5.82 Å². The van der Waals surface area contributed by atoms with E-state index in [4.69, 9.17) is 9.72 Å². The molecule has 0 saturated carbocycles. The normalized spacial score (nSPS) is 23.0. The molecular formula is C21H28N4O2. The fourth-order valence-corrected chi connectivity index (χ4v) is 4.12. The molecule has 27 heavy (non-hydrogen) atoms. The van der Waals surface area contributed by atoms with Gasteiger partial charge in [0, 0.05) is 31.7 Å². The van der Waals surface area contributed by atoms with Gasteiger partial charge in [0.25, 0.3) is 5.56 Å². The molecule has 0 radical (unpaired) electrons. The van der Waals surface area contributed by atoms with Crippen LogP contribution < -0.4 is 15.4 Å². The third kappa shape index (κ3) is 4.16. The number of nitrogens with zero attached hydrogens (tertiary/aromatic N) is 3. The lowest BCUT2D eigenvalue weighted by molar-refractivity contribution is 0.0381. The van der Waals surface area contributed by atoms with Gasteiger partial charge in [-0.3, -0.25) is 9.78 Å². The fraction of sp³-hybridized carbons (Fsp3) is 0.524. The Kier molecular flexibility index (Phi) is 5.43. The van der Waals surface area contributed by atoms with Crippen LogP contribution in [-0.4, -0.2) is 48.4 Å². The molecule has 0 spiro atoms. The first-order chi connectivity index (χ1) is 13.2. The number of aromatic amines is 1. The van der Waals surface area contributed by atoms with Crippen LogP contribution in [0.3, 0.4) is 0 Å². The minimum atomic E-state index is -0.0834. The number of rotatable bonds is 5. The summed E-state index contributed by atoms with van der Waals surface area (Å²) in [5.41, 5.74) is 1.24. The highest BCUT2D eigenvalue weighted by atomic mass is 16.5. The Labute approximate surface area is 160 Å². The molecule has 2 unspecified atom stereocenters. The summed E-state index contributed by atoms with van der Waals surface area (Å²) in [5, 5.41) is 0. The molecule has 2 aliphatic rings. The van der Waals surface area contributed by atoms with Gasteiger partial charge in [-0.05, 0) is 31.2 Å². The number of hydrogen-bond acceptors (Lipinski definition) is 5. The second kappa shape index (κ2) is 8.13. The highest BCUT2D eigenvalue weighted by Gasteiger charge is 2.28. The Morgan fingerprint density at radius 2 is 2.11 bits per heavy atom. The van der Waals surface area contributed by atoms with Gasteiger partial charge in [-0.1, -0.05) is 37.3 Å². The molecule has 2 fully saturated rings. The number of nitrogens with one attached hydrogen (secondary N) is 1. The molecule has 1 aromatic heterocycles. The molecule has 1 N–H and O–H groups in total. The summed E-state index contributed by atoms with van der Waals surface area (Å²) in [4.78, 5) is 24.6. The highest BCUT2D eigenvalue weighted by Crippen LogP contribution is 2.26. The van der Waals surface area contributed by atoms with Crippen molar-refractivity contribution >= 4 is 11.8 Å². The smallest absolute Gasteiger partial charge is 0.254 e. The largest absolute Gasteiger partial charge is 0.375 e. The average molecular weight is 368 g/mol. The second-order valence-corrected chi connectivity index (χ2v) is 7.45. The van der Waals surface area contributed by atoms with E-state index < -0.39 is 0 Å². The number of anilines is 2. The first-order valence-electron chi connectivity index (χ1n) is 10.0. The summed E-state index contributed by atoms with van der Waals surface area (Å²) in [7, 11) is 0. The minimum Gasteiger partial charge on any atom is -0.375 e. The number of ether oxygens (including phenoxy) is 1. The van der Waals surface area contributed by atoms with E-state index >= 15 is 0 Å². The van der Waals surface area contributed by atoms with Crippen LogP contribution in [0.5, 0.6) is 0 Å². The van der Waals surface area contributed by atoms with Crippen LogP contribution in [0.1, 0.15) is 31.7 Å². The third-order valence-electron chi connectivity index (χ3n) is 5.60. The van der Waals surface area contributed by atoms with Crippen molar-refractivity contribution in [2.24, 2.45) is 0 Å². The number of benzene rings is 1. The van der Waals surface area contributed by atoms with Crippen molar-refractivity contribution in [2.45, 2.75) is 44.8 Å². The minimum absolute atomic E-state index is 0.0834. The molecule has 2 atom stereocenters. The zero-order valence-electron chi connectivity index (χ0n) is 15.9. The molecule has 0 amide bonds. The Morgan fingerprint density at radius 3 is 2.93 bits per heavy atom. The summed E-state index contributed by atoms with van der Waals surface area (Å²) in [5.74, 6) is 1.47. The van der Waals surface area contributed by atoms with Gasteiger partial charge in [0.05, 0.1) is 12.7 Å². The van der Waals surface area contributed by atoms with E-state index in [-0.39, 0.29) is 11.7 Å². The van der Waals surface area contributed by atoms with Crippen LogP contribution in [-0.2, 0) is 11.2 Å². The lowest BCUT2D eigenvalue weighted by Gasteiger charge is -2.34. The standard InChI is InChI=1S/C21H28N4O2/c1-2-18-15-24(11-12-27-18)19-14-20(26)23-21(22-19)25-10-6-9-17(25)13-16-7-4-3-5-8-16/h3-5,7-8,14,17-18H,2,6,9-13,15H2,1H3,(H,22,23,26). The molecule has 1 aromatic carbocycles. The predicted octanol–water partition coefficient (Wildman–Crippen LogP) is 2.60. The van der Waals surface area contributed by atoms with Gasteiger partial charge in [0.15, 0.2) is 0 Å². The summed E-state index contributed by atoms with van der Waals surface area (Å²) >= 11 is 0. The van der Waals surface area contributed by atoms with Crippen LogP contribution in [0.2, 0.25) is 0 Å². The first kappa shape index (κ1) is 18.0. The second-order valence-electron chi connectivity index (χ2n) is 7.45. The van der Waals surface area contributed by atoms with E-state index in [0.717, 1.165) is 51.1 Å². The molecule has 0 bridgehead atoms. The lowest BCUT2D eigenvalue weighted by Crippen LogP contribution is -2.43. The van der Waals surface area contributed by atoms with Crippen molar-refractivity contribution in [2.75, 3.05) is 36.0 Å². The Morgan fingerprint density at radius 1 is 1.26 bits per heavy atom. The van der Waals surface area contributed by atoms with Crippen LogP contribution in [0.4, 0.5) is 11.8 Å². The van der Waals surface area contributed by atoms with Gasteiger partial charge in [-0.2, -0.15) is 4.98 Å². The van der Waals surface area contributed by atoms with E-state index in [0.29, 0.717) is 18.6 Å². The van der Waals surface area contributed by atoms with E-state index in [2.05, 4.69) is 46.0 Å². The molecule has 6 heteroatoms. The first-order valence-corrected chi connectivity index (χ1v) is 10.0. The molecular weight excluding hydrogens is 340 g/mol. The lowest BCUT2D eigenvalue weighted by atomic mass is 10.0. The number of hydrogen-bond donors (Lipinski definition) is 1. The van der Waals surface area contributed by atoms with Crippen LogP contribution in [0, 0.1) is 0 Å². The summed E-state index contributed by atoms with van der Waals surface area (Å²) in [6.45, 7) is 5.32. The van der Waals surface area contributed by atoms with E-state index in [1.54, 1.807) is 6.07 Å². The molecule has 6 nitrogen and oxygen atoms in total. The van der Waals surface area contributed by atoms with Gasteiger partial charge in [-0.15, -0.1) is 0 Å². The SMILES string of the molecule is CCC1CN(c2cc(=O)[nH]c(N3CCCC3Cc3ccccc3)n2)CCO1. The number of aromatic nitrogens is 2. The van der Waals surface area contributed by atoms with Gasteiger partial charge in [0.2, 0.25) is 5.95 Å². The summed E-state index contributed by atoms with van der Waals surface area (Å²) in [6.07, 6.45) is 4.40. The molecule has 3 heterocycles. The summed E-state index contributed by atoms with van der Waals surface area (Å²) < 4.78 is 5.76. The predicted molar refractivity (Wildman–Crippen MR) is 108 cm³/mol. The van der Waals surface area contributed by atoms with Crippen molar-refractivity contribution in [1.82, 2.24) is 9.97 Å². The molecule has 144 valence electrons. The summed E-state index contributed by atoms with van der Waals surface area (Å²) in [6, 6.07) is 12.5. The van der Waals surface area contributed by atoms with Gasteiger partial charge >= 0.3 is 0 Å². The van der Waals surface area contributed by atoms with Gasteiger partial charge < -0.3 is 14.5 Å². The number of H-pyrrole nitrogens is 1. The molecule has 4 rings (SSSR count). The van der Waals surface area contributed by atoms with Crippen molar-refractivity contribution in [3.05, 3.63) is 52.3 Å². The number of morpholine rings is 1. The van der Waals surface area contributed by atoms with Gasteiger partial charge in [-0.25, -0.2) is 0 Å². The topological polar surface area (TPSA) is 61.5 Å². The van der Waals surface area contributed by atoms with Crippen molar-refractivity contribution in [3.63, 3.8) is 0 Å². The highest BCUT2D eigenvalue weighted by molar-refractivity contribution is 5.45. The van der Waals surface area contributed by atoms with Crippen LogP contribution in [0.15, 0.2) is 41.2 Å². The maximum atomic E-state index is 12.3. The third-order valence-corrected chi connectivity index (χ3v) is 5.60. The van der Waals surface area contributed by atoms with E-state index in [1.807, 2.05) is 6.07 Å². The average Bonchev–Trinajstić information content (AvgIpc) is 3.16. The fourth-order valence-electron chi connectivity index (χ4n) is 4.12. The molecule has 2 saturated heterocycles. The Balaban J connectivity index is 1.56. The molecule has 0 aliphatic carbocycles. The van der Waals surface area contributed by atoms with E-state index in [9.17, 15) is 4.79 Å². The van der Waals surface area contributed by atoms with Crippen molar-refractivity contribution < 1.29 is 4.74 Å². The van der Waals surface area contributed by atoms with Crippen LogP contribution >= 0.6 is 0 Å². The van der Waals surface area contributed by atoms with Crippen molar-refractivity contribution in [3.8, 4) is 0 Å². The Hall–Kier alpha value is -2.34. The van der Waals surface area contributed by atoms with E-state index in [1.165, 1.54) is 5.56 Å². The van der Waals surface area contributed by atoms with Crippen molar-refractivity contribution in [1.29, 1.82) is 0 Å². The Bertz CT molecular complexity index is 807. The quantitative estimate of drug-likeness (QED) is 0.879. The van der Waals surface area contributed by atoms with Crippen LogP contribution in [0.25, 0.3) is 0 Å².